The number of halogens is 2. The van der Waals surface area contributed by atoms with Crippen LogP contribution in [0.5, 0.6) is 5.75 Å². The fourth-order valence-corrected chi connectivity index (χ4v) is 5.01. The third kappa shape index (κ3) is 5.78. The van der Waals surface area contributed by atoms with E-state index in [-0.39, 0.29) is 36.0 Å². The standard InChI is InChI=1S/C28H28Cl2N4O4/c1-32(27(35)17-34-24-13-22(29)23(30)14-26(24)38-18-28(34)36)25(16-33-9-11-37-12-10-33)20-6-4-19(5-7-20)21-3-2-8-31-15-21/h2-8,13-15,25H,9-12,16-18H2,1H3. The maximum Gasteiger partial charge on any atom is 0.265 e. The average Bonchev–Trinajstić information content (AvgIpc) is 2.95. The lowest BCUT2D eigenvalue weighted by molar-refractivity contribution is -0.133. The summed E-state index contributed by atoms with van der Waals surface area (Å²) < 4.78 is 11.0. The van der Waals surface area contributed by atoms with Crippen LogP contribution < -0.4 is 9.64 Å². The highest BCUT2D eigenvalue weighted by atomic mass is 35.5. The number of hydrogen-bond donors (Lipinski definition) is 0. The number of fused-ring (bicyclic) bond motifs is 1. The van der Waals surface area contributed by atoms with Crippen molar-refractivity contribution in [2.45, 2.75) is 6.04 Å². The molecule has 0 bridgehead atoms. The zero-order chi connectivity index (χ0) is 26.6. The fraction of sp³-hybridized carbons (Fsp3) is 0.321. The number of rotatable bonds is 7. The monoisotopic (exact) mass is 554 g/mol. The molecule has 1 fully saturated rings. The number of aromatic nitrogens is 1. The van der Waals surface area contributed by atoms with Crippen LogP contribution in [0.15, 0.2) is 60.9 Å². The Hall–Kier alpha value is -3.17. The number of ether oxygens (including phenoxy) is 2. The van der Waals surface area contributed by atoms with E-state index in [4.69, 9.17) is 32.7 Å². The van der Waals surface area contributed by atoms with E-state index in [0.29, 0.717) is 36.2 Å². The molecule has 2 aromatic carbocycles. The van der Waals surface area contributed by atoms with E-state index in [2.05, 4.69) is 9.88 Å². The molecule has 0 spiro atoms. The van der Waals surface area contributed by atoms with Crippen molar-refractivity contribution in [1.29, 1.82) is 0 Å². The number of amides is 2. The Morgan fingerprint density at radius 1 is 1.08 bits per heavy atom. The van der Waals surface area contributed by atoms with Crippen LogP contribution in [0.25, 0.3) is 11.1 Å². The number of anilines is 1. The lowest BCUT2D eigenvalue weighted by Gasteiger charge is -2.37. The zero-order valence-electron chi connectivity index (χ0n) is 21.0. The summed E-state index contributed by atoms with van der Waals surface area (Å²) in [5.74, 6) is -0.0969. The van der Waals surface area contributed by atoms with E-state index < -0.39 is 0 Å². The summed E-state index contributed by atoms with van der Waals surface area (Å²) in [5.41, 5.74) is 3.51. The molecule has 2 amide bonds. The minimum Gasteiger partial charge on any atom is -0.482 e. The van der Waals surface area contributed by atoms with E-state index in [9.17, 15) is 9.59 Å². The van der Waals surface area contributed by atoms with Crippen molar-refractivity contribution in [2.75, 3.05) is 57.9 Å². The van der Waals surface area contributed by atoms with Gasteiger partial charge in [-0.25, -0.2) is 0 Å². The number of hydrogen-bond acceptors (Lipinski definition) is 6. The van der Waals surface area contributed by atoms with Gasteiger partial charge < -0.3 is 14.4 Å². The van der Waals surface area contributed by atoms with Gasteiger partial charge in [0.1, 0.15) is 12.3 Å². The predicted molar refractivity (Wildman–Crippen MR) is 147 cm³/mol. The highest BCUT2D eigenvalue weighted by Gasteiger charge is 2.32. The SMILES string of the molecule is CN(C(=O)CN1C(=O)COc2cc(Cl)c(Cl)cc21)C(CN1CCOCC1)c1ccc(-c2cccnc2)cc1. The molecule has 2 aliphatic heterocycles. The van der Waals surface area contributed by atoms with Crippen molar-refractivity contribution in [3.05, 3.63) is 76.5 Å². The van der Waals surface area contributed by atoms with Gasteiger partial charge in [0, 0.05) is 45.1 Å². The van der Waals surface area contributed by atoms with Gasteiger partial charge in [0.2, 0.25) is 5.91 Å². The van der Waals surface area contributed by atoms with Crippen LogP contribution in [-0.2, 0) is 14.3 Å². The molecule has 198 valence electrons. The van der Waals surface area contributed by atoms with Crippen LogP contribution in [-0.4, -0.2) is 79.6 Å². The van der Waals surface area contributed by atoms with E-state index in [1.807, 2.05) is 42.6 Å². The molecular weight excluding hydrogens is 527 g/mol. The van der Waals surface area contributed by atoms with Gasteiger partial charge in [-0.2, -0.15) is 0 Å². The third-order valence-corrected chi connectivity index (χ3v) is 7.65. The number of nitrogens with zero attached hydrogens (tertiary/aromatic N) is 4. The molecule has 1 unspecified atom stereocenters. The molecule has 1 saturated heterocycles. The summed E-state index contributed by atoms with van der Waals surface area (Å²) in [6.45, 7) is 3.24. The van der Waals surface area contributed by atoms with Crippen molar-refractivity contribution in [3.8, 4) is 16.9 Å². The summed E-state index contributed by atoms with van der Waals surface area (Å²) in [5, 5.41) is 0.608. The van der Waals surface area contributed by atoms with Crippen LogP contribution in [0.3, 0.4) is 0 Å². The minimum absolute atomic E-state index is 0.142. The minimum atomic E-state index is -0.316. The molecule has 0 saturated carbocycles. The third-order valence-electron chi connectivity index (χ3n) is 6.92. The second-order valence-electron chi connectivity index (χ2n) is 9.30. The summed E-state index contributed by atoms with van der Waals surface area (Å²) in [6, 6.07) is 15.0. The molecular formula is C28H28Cl2N4O4. The van der Waals surface area contributed by atoms with Crippen LogP contribution >= 0.6 is 23.2 Å². The topological polar surface area (TPSA) is 75.2 Å². The first kappa shape index (κ1) is 26.4. The van der Waals surface area contributed by atoms with E-state index in [1.54, 1.807) is 30.3 Å². The number of likely N-dealkylation sites (N-methyl/N-ethyl adjacent to an activating group) is 1. The Balaban J connectivity index is 1.39. The summed E-state index contributed by atoms with van der Waals surface area (Å²) in [7, 11) is 1.78. The van der Waals surface area contributed by atoms with Crippen LogP contribution in [0.1, 0.15) is 11.6 Å². The lowest BCUT2D eigenvalue weighted by atomic mass is 10.00. The van der Waals surface area contributed by atoms with Crippen LogP contribution in [0.2, 0.25) is 10.0 Å². The molecule has 5 rings (SSSR count). The second kappa shape index (κ2) is 11.7. The number of benzene rings is 2. The van der Waals surface area contributed by atoms with Crippen LogP contribution in [0.4, 0.5) is 5.69 Å². The molecule has 38 heavy (non-hydrogen) atoms. The number of morpholine rings is 1. The summed E-state index contributed by atoms with van der Waals surface area (Å²) in [4.78, 5) is 36.0. The summed E-state index contributed by atoms with van der Waals surface area (Å²) >= 11 is 12.3. The smallest absolute Gasteiger partial charge is 0.265 e. The van der Waals surface area contributed by atoms with Gasteiger partial charge in [0.15, 0.2) is 6.61 Å². The maximum absolute atomic E-state index is 13.6. The van der Waals surface area contributed by atoms with Gasteiger partial charge in [-0.1, -0.05) is 53.5 Å². The molecule has 0 aliphatic carbocycles. The first-order valence-corrected chi connectivity index (χ1v) is 13.1. The van der Waals surface area contributed by atoms with Crippen molar-refractivity contribution in [1.82, 2.24) is 14.8 Å². The van der Waals surface area contributed by atoms with Gasteiger partial charge in [-0.05, 0) is 28.8 Å². The highest BCUT2D eigenvalue weighted by Crippen LogP contribution is 2.39. The Kier molecular flexibility index (Phi) is 8.14. The average molecular weight is 555 g/mol. The molecule has 0 radical (unpaired) electrons. The van der Waals surface area contributed by atoms with Gasteiger partial charge >= 0.3 is 0 Å². The molecule has 3 heterocycles. The van der Waals surface area contributed by atoms with Crippen molar-refractivity contribution < 1.29 is 19.1 Å². The molecule has 0 N–H and O–H groups in total. The van der Waals surface area contributed by atoms with Gasteiger partial charge in [-0.15, -0.1) is 0 Å². The molecule has 10 heteroatoms. The van der Waals surface area contributed by atoms with Crippen molar-refractivity contribution in [2.24, 2.45) is 0 Å². The van der Waals surface area contributed by atoms with Crippen molar-refractivity contribution >= 4 is 40.7 Å². The Morgan fingerprint density at radius 3 is 2.53 bits per heavy atom. The largest absolute Gasteiger partial charge is 0.482 e. The highest BCUT2D eigenvalue weighted by molar-refractivity contribution is 6.42. The molecule has 3 aromatic rings. The van der Waals surface area contributed by atoms with E-state index in [1.165, 1.54) is 4.90 Å². The normalized spacial score (nSPS) is 16.5. The molecule has 1 atom stereocenters. The van der Waals surface area contributed by atoms with Crippen molar-refractivity contribution in [3.63, 3.8) is 0 Å². The quantitative estimate of drug-likeness (QED) is 0.433. The predicted octanol–water partition coefficient (Wildman–Crippen LogP) is 4.31. The first-order chi connectivity index (χ1) is 18.4. The number of carbonyl (C=O) groups is 2. The zero-order valence-corrected chi connectivity index (χ0v) is 22.5. The maximum atomic E-state index is 13.6. The van der Waals surface area contributed by atoms with E-state index >= 15 is 0 Å². The number of pyridine rings is 1. The van der Waals surface area contributed by atoms with Gasteiger partial charge in [0.25, 0.3) is 5.91 Å². The molecule has 8 nitrogen and oxygen atoms in total. The van der Waals surface area contributed by atoms with Crippen LogP contribution in [0, 0.1) is 0 Å². The lowest BCUT2D eigenvalue weighted by Crippen LogP contribution is -2.48. The number of carbonyl (C=O) groups excluding carboxylic acids is 2. The first-order valence-electron chi connectivity index (χ1n) is 12.4. The van der Waals surface area contributed by atoms with Gasteiger partial charge in [-0.3, -0.25) is 24.4 Å². The Morgan fingerprint density at radius 2 is 1.82 bits per heavy atom. The Labute approximate surface area is 231 Å². The Bertz CT molecular complexity index is 1300. The molecule has 1 aromatic heterocycles. The summed E-state index contributed by atoms with van der Waals surface area (Å²) in [6.07, 6.45) is 3.57. The molecule has 2 aliphatic rings. The van der Waals surface area contributed by atoms with Gasteiger partial charge in [0.05, 0.1) is 35.0 Å². The second-order valence-corrected chi connectivity index (χ2v) is 10.1. The fourth-order valence-electron chi connectivity index (χ4n) is 4.70. The van der Waals surface area contributed by atoms with E-state index in [0.717, 1.165) is 29.8 Å².